The minimum absolute atomic E-state index is 0.0428. The number of nitro groups is 1. The number of nitro benzene ring substituents is 1. The van der Waals surface area contributed by atoms with E-state index in [1.165, 1.54) is 6.07 Å². The Balaban J connectivity index is 1.22. The zero-order chi connectivity index (χ0) is 25.9. The number of nitrogens with zero attached hydrogens (tertiary/aromatic N) is 4. The van der Waals surface area contributed by atoms with Crippen molar-refractivity contribution in [3.8, 4) is 5.75 Å². The summed E-state index contributed by atoms with van der Waals surface area (Å²) in [4.78, 5) is 44.9. The molecule has 37 heavy (non-hydrogen) atoms. The predicted molar refractivity (Wildman–Crippen MR) is 139 cm³/mol. The molecule has 0 saturated carbocycles. The van der Waals surface area contributed by atoms with E-state index in [1.807, 2.05) is 24.3 Å². The van der Waals surface area contributed by atoms with Gasteiger partial charge in [-0.15, -0.1) is 0 Å². The molecular weight excluding hydrogens is 476 g/mol. The number of H-pyrrole nitrogens is 1. The van der Waals surface area contributed by atoms with Crippen molar-refractivity contribution >= 4 is 33.4 Å². The number of benzene rings is 2. The van der Waals surface area contributed by atoms with Crippen LogP contribution >= 0.6 is 0 Å². The van der Waals surface area contributed by atoms with Gasteiger partial charge in [0.1, 0.15) is 23.0 Å². The molecule has 3 heterocycles. The molecule has 2 N–H and O–H groups in total. The lowest BCUT2D eigenvalue weighted by atomic mass is 9.99. The normalized spacial score (nSPS) is 15.5. The van der Waals surface area contributed by atoms with Crippen LogP contribution in [0.15, 0.2) is 59.9 Å². The van der Waals surface area contributed by atoms with Gasteiger partial charge in [0.15, 0.2) is 0 Å². The van der Waals surface area contributed by atoms with Crippen LogP contribution in [0.2, 0.25) is 0 Å². The van der Waals surface area contributed by atoms with Crippen molar-refractivity contribution < 1.29 is 14.5 Å². The molecule has 4 aromatic rings. The van der Waals surface area contributed by atoms with E-state index in [-0.39, 0.29) is 23.3 Å². The van der Waals surface area contributed by atoms with Crippen LogP contribution in [-0.2, 0) is 0 Å². The number of nitroso groups, excluding NO2 is 1. The zero-order valence-corrected chi connectivity index (χ0v) is 20.2. The molecule has 0 spiro atoms. The third kappa shape index (κ3) is 4.98. The molecule has 1 atom stereocenters. The Morgan fingerprint density at radius 2 is 2.08 bits per heavy atom. The number of fused-ring (bicyclic) bond motifs is 2. The topological polar surface area (TPSA) is 143 Å². The highest BCUT2D eigenvalue weighted by Crippen LogP contribution is 2.30. The third-order valence-corrected chi connectivity index (χ3v) is 6.90. The lowest BCUT2D eigenvalue weighted by molar-refractivity contribution is -0.383. The first-order chi connectivity index (χ1) is 18.0. The van der Waals surface area contributed by atoms with Crippen molar-refractivity contribution in [1.29, 1.82) is 0 Å². The van der Waals surface area contributed by atoms with Crippen molar-refractivity contribution in [3.63, 3.8) is 0 Å². The van der Waals surface area contributed by atoms with E-state index in [0.717, 1.165) is 16.5 Å². The summed E-state index contributed by atoms with van der Waals surface area (Å²) < 4.78 is 5.34. The van der Waals surface area contributed by atoms with Gasteiger partial charge in [0, 0.05) is 48.7 Å². The van der Waals surface area contributed by atoms with Crippen molar-refractivity contribution in [2.24, 2.45) is 5.18 Å². The molecule has 11 nitrogen and oxygen atoms in total. The quantitative estimate of drug-likeness (QED) is 0.207. The fraction of sp³-hybridized carbons (Fsp3) is 0.308. The number of hydrogen-bond acceptors (Lipinski definition) is 8. The van der Waals surface area contributed by atoms with Crippen LogP contribution < -0.4 is 10.1 Å². The lowest BCUT2D eigenvalue weighted by Gasteiger charge is -2.33. The number of likely N-dealkylation sites (tertiary alicyclic amines) is 1. The molecule has 1 amide bonds. The minimum atomic E-state index is -0.564. The fourth-order valence-corrected chi connectivity index (χ4v) is 4.93. The molecule has 1 aliphatic heterocycles. The molecule has 2 aromatic heterocycles. The molecule has 0 radical (unpaired) electrons. The van der Waals surface area contributed by atoms with Gasteiger partial charge in [0.2, 0.25) is 0 Å². The van der Waals surface area contributed by atoms with E-state index in [4.69, 9.17) is 4.74 Å². The Bertz CT molecular complexity index is 1480. The van der Waals surface area contributed by atoms with E-state index in [1.54, 1.807) is 31.5 Å². The smallest absolute Gasteiger partial charge is 0.293 e. The molecule has 0 aliphatic carbocycles. The number of carbonyl (C=O) groups excluding carboxylic acids is 1. The van der Waals surface area contributed by atoms with Gasteiger partial charge in [0.25, 0.3) is 11.6 Å². The maximum atomic E-state index is 12.8. The van der Waals surface area contributed by atoms with Crippen LogP contribution in [0, 0.1) is 15.0 Å². The molecule has 2 aromatic carbocycles. The summed E-state index contributed by atoms with van der Waals surface area (Å²) in [5, 5.41) is 19.2. The first-order valence-electron chi connectivity index (χ1n) is 12.0. The average molecular weight is 503 g/mol. The van der Waals surface area contributed by atoms with Gasteiger partial charge in [-0.05, 0) is 48.7 Å². The average Bonchev–Trinajstić information content (AvgIpc) is 3.37. The van der Waals surface area contributed by atoms with Crippen molar-refractivity contribution in [1.82, 2.24) is 20.2 Å². The molecular formula is C26H26N6O5. The fourth-order valence-electron chi connectivity index (χ4n) is 4.93. The number of amides is 1. The van der Waals surface area contributed by atoms with E-state index < -0.39 is 11.0 Å². The van der Waals surface area contributed by atoms with Crippen LogP contribution in [0.5, 0.6) is 5.75 Å². The number of methoxy groups -OCH3 is 1. The van der Waals surface area contributed by atoms with Crippen LogP contribution in [-0.4, -0.2) is 58.5 Å². The number of para-hydroxylation sites is 1. The summed E-state index contributed by atoms with van der Waals surface area (Å²) in [6.45, 7) is 1.86. The first-order valence-corrected chi connectivity index (χ1v) is 12.0. The van der Waals surface area contributed by atoms with E-state index in [9.17, 15) is 19.8 Å². The van der Waals surface area contributed by atoms with Crippen molar-refractivity contribution in [2.45, 2.75) is 24.9 Å². The second-order valence-electron chi connectivity index (χ2n) is 9.13. The highest BCUT2D eigenvalue weighted by molar-refractivity contribution is 6.00. The molecule has 1 aliphatic rings. The molecule has 1 unspecified atom stereocenters. The van der Waals surface area contributed by atoms with Gasteiger partial charge < -0.3 is 19.9 Å². The number of hydrogen-bond donors (Lipinski definition) is 2. The first kappa shape index (κ1) is 24.3. The van der Waals surface area contributed by atoms with Crippen molar-refractivity contribution in [3.05, 3.63) is 81.0 Å². The number of piperidine rings is 1. The Morgan fingerprint density at radius 1 is 1.27 bits per heavy atom. The lowest BCUT2D eigenvalue weighted by Crippen LogP contribution is -2.45. The Labute approximate surface area is 211 Å². The number of pyridine rings is 1. The van der Waals surface area contributed by atoms with Gasteiger partial charge in [-0.1, -0.05) is 17.3 Å². The molecule has 0 bridgehead atoms. The summed E-state index contributed by atoms with van der Waals surface area (Å²) in [7, 11) is 1.59. The standard InChI is InChI=1S/C26H26N6O5/c1-37-18-5-6-21-20(14-18)19(7-10-27-21)23(30-34)15-31-11-8-17(9-12-31)28-26(33)22-13-16-3-2-4-24(32(35)36)25(16)29-22/h2-7,10,13-14,17,23,29H,8-9,11-12,15H2,1H3,(H,28,33). The Hall–Kier alpha value is -4.38. The molecule has 5 rings (SSSR count). The van der Waals surface area contributed by atoms with Gasteiger partial charge >= 0.3 is 0 Å². The second kappa shape index (κ2) is 10.3. The third-order valence-electron chi connectivity index (χ3n) is 6.90. The molecule has 190 valence electrons. The zero-order valence-electron chi connectivity index (χ0n) is 20.2. The van der Waals surface area contributed by atoms with Crippen LogP contribution in [0.25, 0.3) is 21.8 Å². The highest BCUT2D eigenvalue weighted by Gasteiger charge is 2.26. The van der Waals surface area contributed by atoms with Gasteiger partial charge in [-0.25, -0.2) is 0 Å². The van der Waals surface area contributed by atoms with E-state index in [0.29, 0.717) is 49.1 Å². The minimum Gasteiger partial charge on any atom is -0.497 e. The Kier molecular flexibility index (Phi) is 6.78. The number of aromatic nitrogens is 2. The molecule has 1 saturated heterocycles. The molecule has 1 fully saturated rings. The maximum absolute atomic E-state index is 12.8. The highest BCUT2D eigenvalue weighted by atomic mass is 16.6. The summed E-state index contributed by atoms with van der Waals surface area (Å²) in [5.41, 5.74) is 2.14. The van der Waals surface area contributed by atoms with Crippen molar-refractivity contribution in [2.75, 3.05) is 26.7 Å². The number of rotatable bonds is 8. The van der Waals surface area contributed by atoms with Crippen LogP contribution in [0.1, 0.15) is 34.9 Å². The summed E-state index contributed by atoms with van der Waals surface area (Å²) in [6.07, 6.45) is 3.11. The molecule has 11 heteroatoms. The summed E-state index contributed by atoms with van der Waals surface area (Å²) in [6, 6.07) is 13.1. The number of aromatic amines is 1. The van der Waals surface area contributed by atoms with Gasteiger partial charge in [-0.2, -0.15) is 4.91 Å². The monoisotopic (exact) mass is 502 g/mol. The summed E-state index contributed by atoms with van der Waals surface area (Å²) >= 11 is 0. The summed E-state index contributed by atoms with van der Waals surface area (Å²) in [5.74, 6) is 0.390. The van der Waals surface area contributed by atoms with Gasteiger partial charge in [0.05, 0.1) is 17.5 Å². The van der Waals surface area contributed by atoms with E-state index in [2.05, 4.69) is 25.4 Å². The van der Waals surface area contributed by atoms with E-state index >= 15 is 0 Å². The van der Waals surface area contributed by atoms with Crippen LogP contribution in [0.4, 0.5) is 5.69 Å². The van der Waals surface area contributed by atoms with Crippen LogP contribution in [0.3, 0.4) is 0 Å². The second-order valence-corrected chi connectivity index (χ2v) is 9.13. The largest absolute Gasteiger partial charge is 0.497 e. The number of carbonyl (C=O) groups is 1. The Morgan fingerprint density at radius 3 is 2.81 bits per heavy atom. The SMILES string of the molecule is COc1ccc2nccc(C(CN3CCC(NC(=O)c4cc5cccc([N+](=O)[O-])c5[nH]4)CC3)N=O)c2c1. The predicted octanol–water partition coefficient (Wildman–Crippen LogP) is 4.33. The maximum Gasteiger partial charge on any atom is 0.293 e. The van der Waals surface area contributed by atoms with Gasteiger partial charge in [-0.3, -0.25) is 19.9 Å². The number of non-ortho nitro benzene ring substituents is 1. The number of nitrogens with one attached hydrogen (secondary N) is 2. The number of ether oxygens (including phenoxy) is 1.